The number of benzene rings is 2. The fraction of sp³-hybridized carbons (Fsp3) is 0.227. The Balaban J connectivity index is 1.35. The fourth-order valence-electron chi connectivity index (χ4n) is 3.28. The van der Waals surface area contributed by atoms with E-state index in [4.69, 9.17) is 9.26 Å². The van der Waals surface area contributed by atoms with Crippen molar-refractivity contribution in [1.82, 2.24) is 10.1 Å². The molecule has 0 spiro atoms. The van der Waals surface area contributed by atoms with Crippen molar-refractivity contribution in [3.8, 4) is 11.5 Å². The third-order valence-corrected chi connectivity index (χ3v) is 4.77. The van der Waals surface area contributed by atoms with Crippen LogP contribution in [0, 0.1) is 6.92 Å². The van der Waals surface area contributed by atoms with E-state index in [2.05, 4.69) is 15.5 Å². The van der Waals surface area contributed by atoms with Crippen LogP contribution >= 0.6 is 0 Å². The van der Waals surface area contributed by atoms with Gasteiger partial charge in [0, 0.05) is 18.5 Å². The van der Waals surface area contributed by atoms with Crippen molar-refractivity contribution in [3.63, 3.8) is 0 Å². The van der Waals surface area contributed by atoms with E-state index in [1.165, 1.54) is 0 Å². The van der Waals surface area contributed by atoms with E-state index in [0.717, 1.165) is 6.42 Å². The Morgan fingerprint density at radius 3 is 2.61 bits per heavy atom. The molecule has 3 aromatic rings. The molecule has 1 N–H and O–H groups in total. The molecule has 4 rings (SSSR count). The molecular formula is C22H20N4O5. The summed E-state index contributed by atoms with van der Waals surface area (Å²) in [5.74, 6) is -0.240. The molecule has 9 heteroatoms. The maximum atomic E-state index is 12.3. The number of aryl methyl sites for hydroxylation is 1. The number of amides is 2. The van der Waals surface area contributed by atoms with Gasteiger partial charge in [-0.1, -0.05) is 17.3 Å². The number of aromatic nitrogens is 2. The molecule has 0 bridgehead atoms. The molecule has 1 fully saturated rings. The number of carbonyl (C=O) groups excluding carboxylic acids is 3. The average Bonchev–Trinajstić information content (AvgIpc) is 3.41. The normalized spacial score (nSPS) is 13.3. The molecule has 0 radical (unpaired) electrons. The summed E-state index contributed by atoms with van der Waals surface area (Å²) in [7, 11) is 0. The molecule has 0 unspecified atom stereocenters. The average molecular weight is 420 g/mol. The van der Waals surface area contributed by atoms with Gasteiger partial charge in [-0.3, -0.25) is 9.59 Å². The molecule has 1 aliphatic heterocycles. The lowest BCUT2D eigenvalue weighted by atomic mass is 10.1. The molecule has 2 heterocycles. The molecule has 0 aliphatic carbocycles. The highest BCUT2D eigenvalue weighted by Crippen LogP contribution is 2.29. The zero-order valence-corrected chi connectivity index (χ0v) is 16.8. The largest absolute Gasteiger partial charge is 0.452 e. The summed E-state index contributed by atoms with van der Waals surface area (Å²) >= 11 is 0. The van der Waals surface area contributed by atoms with Crippen molar-refractivity contribution < 1.29 is 23.6 Å². The highest BCUT2D eigenvalue weighted by Gasteiger charge is 2.24. The molecule has 158 valence electrons. The third kappa shape index (κ3) is 4.61. The Kier molecular flexibility index (Phi) is 5.74. The number of hydrogen-bond donors (Lipinski definition) is 1. The Morgan fingerprint density at radius 1 is 1.16 bits per heavy atom. The van der Waals surface area contributed by atoms with Gasteiger partial charge in [0.15, 0.2) is 12.4 Å². The van der Waals surface area contributed by atoms with Crippen molar-refractivity contribution in [2.24, 2.45) is 0 Å². The Labute approximate surface area is 178 Å². The molecule has 0 saturated carbocycles. The van der Waals surface area contributed by atoms with Crippen molar-refractivity contribution in [2.45, 2.75) is 19.8 Å². The summed E-state index contributed by atoms with van der Waals surface area (Å²) in [6, 6.07) is 13.5. The van der Waals surface area contributed by atoms with E-state index in [-0.39, 0.29) is 11.5 Å². The maximum absolute atomic E-state index is 12.3. The number of para-hydroxylation sites is 2. The van der Waals surface area contributed by atoms with Crippen LogP contribution in [0.25, 0.3) is 11.5 Å². The number of rotatable bonds is 6. The predicted octanol–water partition coefficient (Wildman–Crippen LogP) is 2.97. The number of esters is 1. The van der Waals surface area contributed by atoms with Gasteiger partial charge >= 0.3 is 5.97 Å². The molecule has 2 aromatic carbocycles. The highest BCUT2D eigenvalue weighted by atomic mass is 16.5. The summed E-state index contributed by atoms with van der Waals surface area (Å²) in [5, 5.41) is 6.44. The maximum Gasteiger partial charge on any atom is 0.338 e. The highest BCUT2D eigenvalue weighted by molar-refractivity contribution is 6.02. The van der Waals surface area contributed by atoms with E-state index in [0.29, 0.717) is 41.6 Å². The van der Waals surface area contributed by atoms with Gasteiger partial charge in [-0.2, -0.15) is 4.98 Å². The van der Waals surface area contributed by atoms with Crippen LogP contribution < -0.4 is 10.2 Å². The van der Waals surface area contributed by atoms with Crippen LogP contribution in [0.2, 0.25) is 0 Å². The topological polar surface area (TPSA) is 115 Å². The number of nitrogens with one attached hydrogen (secondary N) is 1. The lowest BCUT2D eigenvalue weighted by molar-refractivity contribution is -0.119. The van der Waals surface area contributed by atoms with Gasteiger partial charge in [-0.25, -0.2) is 4.79 Å². The van der Waals surface area contributed by atoms with Crippen LogP contribution in [0.1, 0.15) is 29.0 Å². The number of carbonyl (C=O) groups is 3. The van der Waals surface area contributed by atoms with Gasteiger partial charge in [-0.05, 0) is 49.7 Å². The second-order valence-electron chi connectivity index (χ2n) is 7.01. The Hall–Kier alpha value is -4.01. The minimum atomic E-state index is -0.633. The monoisotopic (exact) mass is 420 g/mol. The van der Waals surface area contributed by atoms with Gasteiger partial charge < -0.3 is 19.5 Å². The standard InChI is InChI=1S/C22H20N4O5/c1-14-23-21(31-25-14)15-8-10-16(11-9-15)22(29)30-13-19(27)24-17-5-2-3-6-18(17)26-12-4-7-20(26)28/h2-3,5-6,8-11H,4,7,12-13H2,1H3,(H,24,27). The van der Waals surface area contributed by atoms with E-state index in [1.807, 2.05) is 0 Å². The fourth-order valence-corrected chi connectivity index (χ4v) is 3.28. The van der Waals surface area contributed by atoms with Crippen molar-refractivity contribution in [2.75, 3.05) is 23.4 Å². The first kappa shape index (κ1) is 20.3. The quantitative estimate of drug-likeness (QED) is 0.610. The molecule has 0 atom stereocenters. The van der Waals surface area contributed by atoms with E-state index in [9.17, 15) is 14.4 Å². The third-order valence-electron chi connectivity index (χ3n) is 4.77. The Bertz CT molecular complexity index is 1120. The van der Waals surface area contributed by atoms with Crippen LogP contribution in [0.15, 0.2) is 53.1 Å². The zero-order valence-electron chi connectivity index (χ0n) is 16.8. The summed E-state index contributed by atoms with van der Waals surface area (Å²) in [5.41, 5.74) is 2.09. The minimum Gasteiger partial charge on any atom is -0.452 e. The van der Waals surface area contributed by atoms with E-state index >= 15 is 0 Å². The van der Waals surface area contributed by atoms with Crippen LogP contribution in [-0.2, 0) is 14.3 Å². The smallest absolute Gasteiger partial charge is 0.338 e. The van der Waals surface area contributed by atoms with Gasteiger partial charge in [0.25, 0.3) is 11.8 Å². The van der Waals surface area contributed by atoms with Crippen molar-refractivity contribution in [1.29, 1.82) is 0 Å². The second-order valence-corrected chi connectivity index (χ2v) is 7.01. The molecular weight excluding hydrogens is 400 g/mol. The lowest BCUT2D eigenvalue weighted by Crippen LogP contribution is -2.27. The molecule has 1 aromatic heterocycles. The number of anilines is 2. The summed E-state index contributed by atoms with van der Waals surface area (Å²) in [4.78, 5) is 42.4. The SMILES string of the molecule is Cc1noc(-c2ccc(C(=O)OCC(=O)Nc3ccccc3N3CCCC3=O)cc2)n1. The summed E-state index contributed by atoms with van der Waals surface area (Å²) < 4.78 is 10.2. The van der Waals surface area contributed by atoms with Gasteiger partial charge in [-0.15, -0.1) is 0 Å². The van der Waals surface area contributed by atoms with E-state index < -0.39 is 18.5 Å². The van der Waals surface area contributed by atoms with Crippen LogP contribution in [-0.4, -0.2) is 41.1 Å². The number of hydrogen-bond acceptors (Lipinski definition) is 7. The van der Waals surface area contributed by atoms with Crippen LogP contribution in [0.4, 0.5) is 11.4 Å². The Morgan fingerprint density at radius 2 is 1.94 bits per heavy atom. The summed E-state index contributed by atoms with van der Waals surface area (Å²) in [6.45, 7) is 1.87. The van der Waals surface area contributed by atoms with E-state index in [1.54, 1.807) is 60.4 Å². The first-order chi connectivity index (χ1) is 15.0. The molecule has 1 aliphatic rings. The molecule has 1 saturated heterocycles. The lowest BCUT2D eigenvalue weighted by Gasteiger charge is -2.19. The van der Waals surface area contributed by atoms with Crippen LogP contribution in [0.5, 0.6) is 0 Å². The van der Waals surface area contributed by atoms with Gasteiger partial charge in [0.05, 0.1) is 16.9 Å². The number of ether oxygens (including phenoxy) is 1. The molecule has 31 heavy (non-hydrogen) atoms. The second kappa shape index (κ2) is 8.78. The van der Waals surface area contributed by atoms with Gasteiger partial charge in [0.2, 0.25) is 5.91 Å². The number of nitrogens with zero attached hydrogens (tertiary/aromatic N) is 3. The van der Waals surface area contributed by atoms with Crippen LogP contribution in [0.3, 0.4) is 0 Å². The van der Waals surface area contributed by atoms with Crippen molar-refractivity contribution in [3.05, 3.63) is 59.9 Å². The molecule has 9 nitrogen and oxygen atoms in total. The zero-order chi connectivity index (χ0) is 21.8. The predicted molar refractivity (Wildman–Crippen MR) is 111 cm³/mol. The van der Waals surface area contributed by atoms with Gasteiger partial charge in [0.1, 0.15) is 0 Å². The van der Waals surface area contributed by atoms with Crippen molar-refractivity contribution >= 4 is 29.2 Å². The first-order valence-corrected chi connectivity index (χ1v) is 9.78. The first-order valence-electron chi connectivity index (χ1n) is 9.78. The summed E-state index contributed by atoms with van der Waals surface area (Å²) in [6.07, 6.45) is 1.27. The molecule has 2 amide bonds. The minimum absolute atomic E-state index is 0.0206.